The van der Waals surface area contributed by atoms with Crippen LogP contribution in [0.5, 0.6) is 0 Å². The van der Waals surface area contributed by atoms with Gasteiger partial charge in [0.15, 0.2) is 5.78 Å². The number of ketones is 1. The van der Waals surface area contributed by atoms with E-state index in [0.29, 0.717) is 30.1 Å². The molecule has 2 rings (SSSR count). The average molecular weight is 328 g/mol. The minimum atomic E-state index is -0.198. The van der Waals surface area contributed by atoms with Crippen LogP contribution in [0.1, 0.15) is 36.4 Å². The van der Waals surface area contributed by atoms with E-state index in [9.17, 15) is 14.4 Å². The SMILES string of the molecule is CC(=O)c1ccc(NC(=O)CCN(Cc2ccco2)C(C)=O)cc1. The second-order valence-electron chi connectivity index (χ2n) is 5.45. The highest BCUT2D eigenvalue weighted by Crippen LogP contribution is 2.11. The molecule has 1 N–H and O–H groups in total. The zero-order valence-electron chi connectivity index (χ0n) is 13.7. The fourth-order valence-electron chi connectivity index (χ4n) is 2.19. The number of carbonyl (C=O) groups excluding carboxylic acids is 3. The molecule has 6 nitrogen and oxygen atoms in total. The van der Waals surface area contributed by atoms with Crippen LogP contribution in [0, 0.1) is 0 Å². The van der Waals surface area contributed by atoms with Crippen LogP contribution in [0.3, 0.4) is 0 Å². The van der Waals surface area contributed by atoms with Crippen LogP contribution < -0.4 is 5.32 Å². The Labute approximate surface area is 140 Å². The molecule has 0 radical (unpaired) electrons. The van der Waals surface area contributed by atoms with Gasteiger partial charge >= 0.3 is 0 Å². The smallest absolute Gasteiger partial charge is 0.226 e. The van der Waals surface area contributed by atoms with Crippen LogP contribution in [-0.4, -0.2) is 29.0 Å². The third-order valence-electron chi connectivity index (χ3n) is 3.56. The summed E-state index contributed by atoms with van der Waals surface area (Å²) in [6.45, 7) is 3.58. The third kappa shape index (κ3) is 5.08. The van der Waals surface area contributed by atoms with Crippen molar-refractivity contribution in [2.75, 3.05) is 11.9 Å². The predicted molar refractivity (Wildman–Crippen MR) is 89.5 cm³/mol. The number of furan rings is 1. The molecular formula is C18H20N2O4. The molecule has 0 spiro atoms. The number of benzene rings is 1. The Morgan fingerprint density at radius 1 is 1.08 bits per heavy atom. The summed E-state index contributed by atoms with van der Waals surface area (Å²) in [5.41, 5.74) is 1.21. The van der Waals surface area contributed by atoms with Gasteiger partial charge in [0.25, 0.3) is 0 Å². The van der Waals surface area contributed by atoms with Crippen molar-refractivity contribution < 1.29 is 18.8 Å². The van der Waals surface area contributed by atoms with Gasteiger partial charge in [0.1, 0.15) is 5.76 Å². The van der Waals surface area contributed by atoms with E-state index < -0.39 is 0 Å². The number of anilines is 1. The van der Waals surface area contributed by atoms with Gasteiger partial charge in [-0.2, -0.15) is 0 Å². The largest absolute Gasteiger partial charge is 0.467 e. The standard InChI is InChI=1S/C18H20N2O4/c1-13(21)15-5-7-16(8-6-15)19-18(23)9-10-20(14(2)22)12-17-4-3-11-24-17/h3-8,11H,9-10,12H2,1-2H3,(H,19,23). The lowest BCUT2D eigenvalue weighted by Crippen LogP contribution is -2.31. The first-order valence-electron chi connectivity index (χ1n) is 7.64. The third-order valence-corrected chi connectivity index (χ3v) is 3.56. The molecule has 0 saturated carbocycles. The summed E-state index contributed by atoms with van der Waals surface area (Å²) in [5, 5.41) is 2.75. The Bertz CT molecular complexity index is 705. The fraction of sp³-hybridized carbons (Fsp3) is 0.278. The molecule has 126 valence electrons. The van der Waals surface area contributed by atoms with E-state index in [-0.39, 0.29) is 24.0 Å². The Balaban J connectivity index is 1.86. The summed E-state index contributed by atoms with van der Waals surface area (Å²) in [6.07, 6.45) is 1.72. The molecule has 0 atom stereocenters. The number of hydrogen-bond donors (Lipinski definition) is 1. The Morgan fingerprint density at radius 3 is 2.33 bits per heavy atom. The molecule has 0 unspecified atom stereocenters. The van der Waals surface area contributed by atoms with Gasteiger partial charge in [-0.1, -0.05) is 0 Å². The van der Waals surface area contributed by atoms with Crippen LogP contribution in [0.15, 0.2) is 47.1 Å². The molecule has 2 amide bonds. The number of rotatable bonds is 7. The van der Waals surface area contributed by atoms with Gasteiger partial charge < -0.3 is 14.6 Å². The molecule has 1 aromatic heterocycles. The maximum absolute atomic E-state index is 12.0. The van der Waals surface area contributed by atoms with Crippen molar-refractivity contribution >= 4 is 23.3 Å². The van der Waals surface area contributed by atoms with Crippen molar-refractivity contribution in [3.63, 3.8) is 0 Å². The van der Waals surface area contributed by atoms with Crippen LogP contribution in [0.4, 0.5) is 5.69 Å². The van der Waals surface area contributed by atoms with Crippen LogP contribution in [0.2, 0.25) is 0 Å². The maximum Gasteiger partial charge on any atom is 0.226 e. The van der Waals surface area contributed by atoms with Gasteiger partial charge in [-0.3, -0.25) is 14.4 Å². The number of nitrogens with zero attached hydrogens (tertiary/aromatic N) is 1. The minimum absolute atomic E-state index is 0.0251. The van der Waals surface area contributed by atoms with Gasteiger partial charge in [-0.15, -0.1) is 0 Å². The van der Waals surface area contributed by atoms with Gasteiger partial charge in [0.2, 0.25) is 11.8 Å². The summed E-state index contributed by atoms with van der Waals surface area (Å²) >= 11 is 0. The second-order valence-corrected chi connectivity index (χ2v) is 5.45. The molecule has 0 aliphatic rings. The topological polar surface area (TPSA) is 79.6 Å². The van der Waals surface area contributed by atoms with Crippen LogP contribution >= 0.6 is 0 Å². The van der Waals surface area contributed by atoms with Crippen molar-refractivity contribution in [3.8, 4) is 0 Å². The fourth-order valence-corrected chi connectivity index (χ4v) is 2.19. The minimum Gasteiger partial charge on any atom is -0.467 e. The van der Waals surface area contributed by atoms with E-state index >= 15 is 0 Å². The normalized spacial score (nSPS) is 10.2. The van der Waals surface area contributed by atoms with Gasteiger partial charge in [0, 0.05) is 31.1 Å². The number of carbonyl (C=O) groups is 3. The highest BCUT2D eigenvalue weighted by Gasteiger charge is 2.13. The van der Waals surface area contributed by atoms with E-state index in [4.69, 9.17) is 4.42 Å². The van der Waals surface area contributed by atoms with Gasteiger partial charge in [-0.05, 0) is 43.3 Å². The van der Waals surface area contributed by atoms with E-state index in [2.05, 4.69) is 5.32 Å². The summed E-state index contributed by atoms with van der Waals surface area (Å²) in [4.78, 5) is 36.5. The number of hydrogen-bond acceptors (Lipinski definition) is 4. The predicted octanol–water partition coefficient (Wildman–Crippen LogP) is 2.86. The summed E-state index contributed by atoms with van der Waals surface area (Å²) in [5.74, 6) is 0.328. The van der Waals surface area contributed by atoms with Gasteiger partial charge in [0.05, 0.1) is 12.8 Å². The first kappa shape index (κ1) is 17.5. The van der Waals surface area contributed by atoms with E-state index in [0.717, 1.165) is 0 Å². The van der Waals surface area contributed by atoms with Crippen molar-refractivity contribution in [1.29, 1.82) is 0 Å². The molecule has 2 aromatic rings. The quantitative estimate of drug-likeness (QED) is 0.793. The molecule has 0 fully saturated rings. The first-order valence-corrected chi connectivity index (χ1v) is 7.64. The molecule has 1 heterocycles. The summed E-state index contributed by atoms with van der Waals surface area (Å²) in [7, 11) is 0. The van der Waals surface area contributed by atoms with Gasteiger partial charge in [-0.25, -0.2) is 0 Å². The molecule has 0 bridgehead atoms. The first-order chi connectivity index (χ1) is 11.5. The molecule has 6 heteroatoms. The number of amides is 2. The molecule has 24 heavy (non-hydrogen) atoms. The number of nitrogens with one attached hydrogen (secondary N) is 1. The van der Waals surface area contributed by atoms with E-state index in [1.165, 1.54) is 13.8 Å². The van der Waals surface area contributed by atoms with E-state index in [1.807, 2.05) is 0 Å². The molecule has 0 aliphatic heterocycles. The van der Waals surface area contributed by atoms with Crippen molar-refractivity contribution in [2.45, 2.75) is 26.8 Å². The Morgan fingerprint density at radius 2 is 1.79 bits per heavy atom. The zero-order valence-corrected chi connectivity index (χ0v) is 13.7. The second kappa shape index (κ2) is 8.10. The molecule has 0 aliphatic carbocycles. The Hall–Kier alpha value is -2.89. The van der Waals surface area contributed by atoms with Crippen molar-refractivity contribution in [1.82, 2.24) is 4.90 Å². The monoisotopic (exact) mass is 328 g/mol. The maximum atomic E-state index is 12.0. The molecule has 1 aromatic carbocycles. The van der Waals surface area contributed by atoms with Crippen molar-refractivity contribution in [3.05, 3.63) is 54.0 Å². The van der Waals surface area contributed by atoms with Crippen molar-refractivity contribution in [2.24, 2.45) is 0 Å². The lowest BCUT2D eigenvalue weighted by Gasteiger charge is -2.19. The highest BCUT2D eigenvalue weighted by atomic mass is 16.3. The summed E-state index contributed by atoms with van der Waals surface area (Å²) < 4.78 is 5.23. The highest BCUT2D eigenvalue weighted by molar-refractivity contribution is 5.95. The summed E-state index contributed by atoms with van der Waals surface area (Å²) in [6, 6.07) is 10.2. The average Bonchev–Trinajstić information content (AvgIpc) is 3.04. The zero-order chi connectivity index (χ0) is 17.5. The number of Topliss-reactive ketones (excluding diaryl/α,β-unsaturated/α-hetero) is 1. The van der Waals surface area contributed by atoms with E-state index in [1.54, 1.807) is 47.6 Å². The molecule has 0 saturated heterocycles. The van der Waals surface area contributed by atoms with Crippen LogP contribution in [0.25, 0.3) is 0 Å². The van der Waals surface area contributed by atoms with Crippen LogP contribution in [-0.2, 0) is 16.1 Å². The lowest BCUT2D eigenvalue weighted by molar-refractivity contribution is -0.130. The molecular weight excluding hydrogens is 308 g/mol. The Kier molecular flexibility index (Phi) is 5.89. The lowest BCUT2D eigenvalue weighted by atomic mass is 10.1.